The molecular formula is C20H26N2OS2. The van der Waals surface area contributed by atoms with Crippen LogP contribution in [-0.2, 0) is 12.8 Å². The van der Waals surface area contributed by atoms with E-state index >= 15 is 0 Å². The van der Waals surface area contributed by atoms with E-state index in [1.807, 2.05) is 11.3 Å². The molecule has 4 rings (SSSR count). The lowest BCUT2D eigenvalue weighted by atomic mass is 9.69. The Morgan fingerprint density at radius 3 is 2.80 bits per heavy atom. The van der Waals surface area contributed by atoms with Gasteiger partial charge in [-0.15, -0.1) is 22.7 Å². The molecule has 3 heterocycles. The quantitative estimate of drug-likeness (QED) is 0.743. The molecule has 0 bridgehead atoms. The highest BCUT2D eigenvalue weighted by molar-refractivity contribution is 7.16. The molecule has 2 aliphatic rings. The summed E-state index contributed by atoms with van der Waals surface area (Å²) in [4.78, 5) is 15.5. The molecule has 1 aliphatic carbocycles. The maximum absolute atomic E-state index is 12.8. The van der Waals surface area contributed by atoms with Gasteiger partial charge in [-0.05, 0) is 60.1 Å². The second kappa shape index (κ2) is 6.13. The molecule has 2 atom stereocenters. The van der Waals surface area contributed by atoms with Crippen molar-refractivity contribution in [2.24, 2.45) is 11.3 Å². The molecule has 0 unspecified atom stereocenters. The number of thiophene rings is 2. The van der Waals surface area contributed by atoms with Gasteiger partial charge in [0.05, 0.1) is 5.56 Å². The van der Waals surface area contributed by atoms with E-state index in [0.717, 1.165) is 23.4 Å². The van der Waals surface area contributed by atoms with Gasteiger partial charge in [0.2, 0.25) is 0 Å². The molecule has 3 nitrogen and oxygen atoms in total. The van der Waals surface area contributed by atoms with Crippen LogP contribution in [0.4, 0.5) is 5.00 Å². The first-order valence-corrected chi connectivity index (χ1v) is 10.9. The minimum absolute atomic E-state index is 0.0945. The average Bonchev–Trinajstić information content (AvgIpc) is 3.17. The molecule has 1 amide bonds. The summed E-state index contributed by atoms with van der Waals surface area (Å²) in [6.07, 6.45) is 4.45. The Balaban J connectivity index is 1.65. The van der Waals surface area contributed by atoms with E-state index in [4.69, 9.17) is 0 Å². The van der Waals surface area contributed by atoms with Gasteiger partial charge in [0, 0.05) is 9.75 Å². The molecule has 134 valence electrons. The normalized spacial score (nSPS) is 22.8. The summed E-state index contributed by atoms with van der Waals surface area (Å²) in [6.45, 7) is 9.16. The van der Waals surface area contributed by atoms with Gasteiger partial charge in [0.1, 0.15) is 11.2 Å². The highest BCUT2D eigenvalue weighted by Crippen LogP contribution is 2.47. The third kappa shape index (κ3) is 2.81. The molecule has 2 N–H and O–H groups in total. The van der Waals surface area contributed by atoms with Crippen LogP contribution in [0.15, 0.2) is 11.4 Å². The van der Waals surface area contributed by atoms with Crippen LogP contribution < -0.4 is 10.6 Å². The summed E-state index contributed by atoms with van der Waals surface area (Å²) in [5.41, 5.74) is 3.82. The zero-order valence-electron chi connectivity index (χ0n) is 15.4. The fourth-order valence-electron chi connectivity index (χ4n) is 4.07. The first-order chi connectivity index (χ1) is 11.9. The summed E-state index contributed by atoms with van der Waals surface area (Å²) in [5.74, 6) is 0.806. The summed E-state index contributed by atoms with van der Waals surface area (Å²) < 4.78 is 0. The van der Waals surface area contributed by atoms with Crippen LogP contribution in [0.2, 0.25) is 0 Å². The Labute approximate surface area is 157 Å². The van der Waals surface area contributed by atoms with Crippen LogP contribution in [0.3, 0.4) is 0 Å². The summed E-state index contributed by atoms with van der Waals surface area (Å²) >= 11 is 3.51. The van der Waals surface area contributed by atoms with Crippen LogP contribution in [0.25, 0.3) is 0 Å². The van der Waals surface area contributed by atoms with Gasteiger partial charge < -0.3 is 10.6 Å². The van der Waals surface area contributed by atoms with Gasteiger partial charge in [-0.1, -0.05) is 27.2 Å². The molecule has 25 heavy (non-hydrogen) atoms. The van der Waals surface area contributed by atoms with Crippen molar-refractivity contribution in [2.75, 3.05) is 5.32 Å². The van der Waals surface area contributed by atoms with Crippen molar-refractivity contribution < 1.29 is 4.79 Å². The first-order valence-electron chi connectivity index (χ1n) is 9.16. The van der Waals surface area contributed by atoms with E-state index in [0.29, 0.717) is 11.3 Å². The van der Waals surface area contributed by atoms with E-state index in [2.05, 4.69) is 49.8 Å². The fourth-order valence-corrected chi connectivity index (χ4v) is 6.34. The van der Waals surface area contributed by atoms with Crippen LogP contribution in [-0.4, -0.2) is 5.91 Å². The monoisotopic (exact) mass is 374 g/mol. The lowest BCUT2D eigenvalue weighted by molar-refractivity contribution is 0.0935. The highest BCUT2D eigenvalue weighted by atomic mass is 32.1. The number of carbonyl (C=O) groups is 1. The smallest absolute Gasteiger partial charge is 0.256 e. The number of rotatable bonds is 3. The average molecular weight is 375 g/mol. The van der Waals surface area contributed by atoms with E-state index < -0.39 is 0 Å². The van der Waals surface area contributed by atoms with Gasteiger partial charge in [-0.3, -0.25) is 4.79 Å². The maximum Gasteiger partial charge on any atom is 0.256 e. The second-order valence-electron chi connectivity index (χ2n) is 8.01. The molecular weight excluding hydrogens is 348 g/mol. The van der Waals surface area contributed by atoms with E-state index in [9.17, 15) is 4.79 Å². The molecule has 0 spiro atoms. The Hall–Kier alpha value is -1.33. The molecule has 0 saturated heterocycles. The van der Waals surface area contributed by atoms with Crippen LogP contribution in [0.1, 0.15) is 71.0 Å². The Morgan fingerprint density at radius 2 is 2.12 bits per heavy atom. The van der Waals surface area contributed by atoms with Crippen molar-refractivity contribution in [3.05, 3.63) is 37.9 Å². The SMILES string of the molecule is CCC(C)(C)[C@@H]1CCc2c(sc3c2C(=O)N[C@H](c2sccc2C)N3)C1. The first kappa shape index (κ1) is 17.1. The lowest BCUT2D eigenvalue weighted by Crippen LogP contribution is -2.38. The van der Waals surface area contributed by atoms with Gasteiger partial charge >= 0.3 is 0 Å². The third-order valence-electron chi connectivity index (χ3n) is 6.22. The van der Waals surface area contributed by atoms with Gasteiger partial charge in [-0.25, -0.2) is 0 Å². The number of anilines is 1. The number of nitrogens with one attached hydrogen (secondary N) is 2. The standard InChI is InChI=1S/C20H26N2OS2/c1-5-20(3,4)12-6-7-13-14(10-12)25-19-15(13)18(23)21-17(22-19)16-11(2)8-9-24-16/h8-9,12,17,22H,5-7,10H2,1-4H3,(H,21,23)/t12-,17+/m1/s1. The molecule has 0 fully saturated rings. The van der Waals surface area contributed by atoms with Crippen molar-refractivity contribution >= 4 is 33.6 Å². The highest BCUT2D eigenvalue weighted by Gasteiger charge is 2.37. The molecule has 1 aliphatic heterocycles. The number of amides is 1. The van der Waals surface area contributed by atoms with Crippen LogP contribution in [0.5, 0.6) is 0 Å². The minimum Gasteiger partial charge on any atom is -0.352 e. The van der Waals surface area contributed by atoms with Crippen molar-refractivity contribution in [3.8, 4) is 0 Å². The largest absolute Gasteiger partial charge is 0.352 e. The molecule has 2 aromatic rings. The topological polar surface area (TPSA) is 41.1 Å². The Bertz CT molecular complexity index is 818. The van der Waals surface area contributed by atoms with Crippen molar-refractivity contribution in [1.29, 1.82) is 0 Å². The van der Waals surface area contributed by atoms with Gasteiger partial charge in [0.25, 0.3) is 5.91 Å². The predicted octanol–water partition coefficient (Wildman–Crippen LogP) is 5.51. The third-order valence-corrected chi connectivity index (χ3v) is 8.49. The number of hydrogen-bond acceptors (Lipinski definition) is 4. The number of carbonyl (C=O) groups excluding carboxylic acids is 1. The minimum atomic E-state index is -0.0945. The van der Waals surface area contributed by atoms with Gasteiger partial charge in [-0.2, -0.15) is 0 Å². The molecule has 2 aromatic heterocycles. The summed E-state index contributed by atoms with van der Waals surface area (Å²) in [5, 5.41) is 9.92. The molecule has 0 saturated carbocycles. The Kier molecular flexibility index (Phi) is 4.19. The molecule has 5 heteroatoms. The van der Waals surface area contributed by atoms with Crippen molar-refractivity contribution in [2.45, 2.75) is 59.5 Å². The van der Waals surface area contributed by atoms with Crippen LogP contribution in [0, 0.1) is 18.3 Å². The summed E-state index contributed by atoms with van der Waals surface area (Å²) in [6, 6.07) is 2.11. The Morgan fingerprint density at radius 1 is 1.32 bits per heavy atom. The number of hydrogen-bond donors (Lipinski definition) is 2. The fraction of sp³-hybridized carbons (Fsp3) is 0.550. The second-order valence-corrected chi connectivity index (χ2v) is 10.1. The van der Waals surface area contributed by atoms with E-state index in [1.165, 1.54) is 33.7 Å². The predicted molar refractivity (Wildman–Crippen MR) is 107 cm³/mol. The van der Waals surface area contributed by atoms with Crippen molar-refractivity contribution in [1.82, 2.24) is 5.32 Å². The molecule has 0 radical (unpaired) electrons. The van der Waals surface area contributed by atoms with E-state index in [-0.39, 0.29) is 12.1 Å². The maximum atomic E-state index is 12.8. The number of aryl methyl sites for hydroxylation is 1. The molecule has 0 aromatic carbocycles. The zero-order valence-corrected chi connectivity index (χ0v) is 17.0. The van der Waals surface area contributed by atoms with Crippen molar-refractivity contribution in [3.63, 3.8) is 0 Å². The lowest BCUT2D eigenvalue weighted by Gasteiger charge is -2.36. The zero-order chi connectivity index (χ0) is 17.8. The number of fused-ring (bicyclic) bond motifs is 3. The van der Waals surface area contributed by atoms with Gasteiger partial charge in [0.15, 0.2) is 0 Å². The van der Waals surface area contributed by atoms with Crippen LogP contribution >= 0.6 is 22.7 Å². The summed E-state index contributed by atoms with van der Waals surface area (Å²) in [7, 11) is 0. The van der Waals surface area contributed by atoms with E-state index in [1.54, 1.807) is 11.3 Å².